The lowest BCUT2D eigenvalue weighted by Crippen LogP contribution is -2.47. The van der Waals surface area contributed by atoms with Crippen molar-refractivity contribution in [1.82, 2.24) is 15.0 Å². The molecule has 1 saturated heterocycles. The number of carbonyl (C=O) groups is 2. The van der Waals surface area contributed by atoms with Crippen molar-refractivity contribution < 1.29 is 19.2 Å². The van der Waals surface area contributed by atoms with Gasteiger partial charge in [0.1, 0.15) is 0 Å². The van der Waals surface area contributed by atoms with Gasteiger partial charge in [0, 0.05) is 18.8 Å². The Morgan fingerprint density at radius 2 is 2.18 bits per heavy atom. The summed E-state index contributed by atoms with van der Waals surface area (Å²) < 4.78 is 5.03. The number of carboxylic acid groups (broad SMARTS) is 1. The van der Waals surface area contributed by atoms with Gasteiger partial charge in [0.25, 0.3) is 11.6 Å². The molecule has 0 aromatic carbocycles. The van der Waals surface area contributed by atoms with Crippen LogP contribution in [0, 0.1) is 12.8 Å². The Bertz CT molecular complexity index is 739. The highest BCUT2D eigenvalue weighted by atomic mass is 16.5. The van der Waals surface area contributed by atoms with Crippen molar-refractivity contribution in [1.29, 1.82) is 0 Å². The Morgan fingerprint density at radius 3 is 2.91 bits per heavy atom. The molecule has 1 aliphatic rings. The second kappa shape index (κ2) is 5.40. The van der Waals surface area contributed by atoms with Crippen molar-refractivity contribution in [2.75, 3.05) is 6.54 Å². The van der Waals surface area contributed by atoms with Crippen LogP contribution in [-0.2, 0) is 4.79 Å². The fourth-order valence-electron chi connectivity index (χ4n) is 2.82. The van der Waals surface area contributed by atoms with Gasteiger partial charge in [-0.1, -0.05) is 5.16 Å². The number of rotatable bonds is 2. The van der Waals surface area contributed by atoms with Crippen molar-refractivity contribution in [2.24, 2.45) is 5.92 Å². The smallest absolute Gasteiger partial charge is 0.308 e. The molecule has 3 rings (SSSR count). The van der Waals surface area contributed by atoms with Crippen LogP contribution < -0.4 is 0 Å². The lowest BCUT2D eigenvalue weighted by Gasteiger charge is -2.36. The van der Waals surface area contributed by atoms with Crippen LogP contribution in [0.25, 0.3) is 11.1 Å². The Labute approximate surface area is 126 Å². The topological polar surface area (TPSA) is 96.5 Å². The van der Waals surface area contributed by atoms with E-state index in [1.54, 1.807) is 17.9 Å². The quantitative estimate of drug-likeness (QED) is 0.909. The Kier molecular flexibility index (Phi) is 3.56. The summed E-state index contributed by atoms with van der Waals surface area (Å²) in [7, 11) is 0. The van der Waals surface area contributed by atoms with Crippen LogP contribution in [0.5, 0.6) is 0 Å². The zero-order valence-corrected chi connectivity index (χ0v) is 12.4. The van der Waals surface area contributed by atoms with Gasteiger partial charge in [-0.2, -0.15) is 0 Å². The van der Waals surface area contributed by atoms with Crippen molar-refractivity contribution in [3.8, 4) is 0 Å². The van der Waals surface area contributed by atoms with Gasteiger partial charge in [-0.15, -0.1) is 0 Å². The van der Waals surface area contributed by atoms with Gasteiger partial charge in [0.05, 0.1) is 22.6 Å². The van der Waals surface area contributed by atoms with Crippen molar-refractivity contribution in [3.63, 3.8) is 0 Å². The average molecular weight is 303 g/mol. The summed E-state index contributed by atoms with van der Waals surface area (Å²) in [5.74, 6) is -1.56. The number of carbonyl (C=O) groups excluding carboxylic acids is 1. The molecule has 7 heteroatoms. The highest BCUT2D eigenvalue weighted by Gasteiger charge is 2.33. The van der Waals surface area contributed by atoms with Crippen LogP contribution >= 0.6 is 0 Å². The lowest BCUT2D eigenvalue weighted by molar-refractivity contribution is -0.143. The molecule has 0 saturated carbocycles. The van der Waals surface area contributed by atoms with E-state index in [4.69, 9.17) is 4.52 Å². The van der Waals surface area contributed by atoms with Gasteiger partial charge in [-0.05, 0) is 32.8 Å². The maximum absolute atomic E-state index is 12.7. The molecule has 2 unspecified atom stereocenters. The van der Waals surface area contributed by atoms with Gasteiger partial charge in [0.15, 0.2) is 0 Å². The minimum atomic E-state index is -0.854. The Balaban J connectivity index is 1.90. The predicted octanol–water partition coefficient (Wildman–Crippen LogP) is 1.86. The molecule has 116 valence electrons. The number of carboxylic acids is 1. The molecule has 1 N–H and O–H groups in total. The summed E-state index contributed by atoms with van der Waals surface area (Å²) in [5, 5.41) is 13.7. The monoisotopic (exact) mass is 303 g/mol. The van der Waals surface area contributed by atoms with E-state index in [0.717, 1.165) is 0 Å². The summed E-state index contributed by atoms with van der Waals surface area (Å²) in [6.07, 6.45) is 2.74. The van der Waals surface area contributed by atoms with Crippen molar-refractivity contribution in [3.05, 3.63) is 23.5 Å². The second-order valence-electron chi connectivity index (χ2n) is 5.76. The number of likely N-dealkylation sites (tertiary alicyclic amines) is 1. The third-order valence-electron chi connectivity index (χ3n) is 4.25. The van der Waals surface area contributed by atoms with Crippen LogP contribution in [0.2, 0.25) is 0 Å². The number of hydrogen-bond donors (Lipinski definition) is 1. The molecule has 1 fully saturated rings. The number of fused-ring (bicyclic) bond motifs is 1. The summed E-state index contributed by atoms with van der Waals surface area (Å²) in [6, 6.07) is 1.72. The standard InChI is InChI=1S/C15H17N3O4/c1-8-3-4-10(15(20)21)7-18(8)14(19)11-5-12-9(2)17-22-13(12)16-6-11/h5-6,8,10H,3-4,7H2,1-2H3,(H,20,21). The second-order valence-corrected chi connectivity index (χ2v) is 5.76. The van der Waals surface area contributed by atoms with Crippen LogP contribution in [0.15, 0.2) is 16.8 Å². The molecule has 1 amide bonds. The number of aromatic nitrogens is 2. The van der Waals surface area contributed by atoms with Gasteiger partial charge >= 0.3 is 5.97 Å². The van der Waals surface area contributed by atoms with E-state index >= 15 is 0 Å². The van der Waals surface area contributed by atoms with E-state index in [-0.39, 0.29) is 18.5 Å². The van der Waals surface area contributed by atoms with Gasteiger partial charge < -0.3 is 14.5 Å². The average Bonchev–Trinajstić information content (AvgIpc) is 2.88. The molecular formula is C15H17N3O4. The molecule has 3 heterocycles. The van der Waals surface area contributed by atoms with E-state index in [0.29, 0.717) is 35.2 Å². The van der Waals surface area contributed by atoms with Crippen LogP contribution in [0.4, 0.5) is 0 Å². The molecule has 2 atom stereocenters. The molecule has 0 aliphatic carbocycles. The fourth-order valence-corrected chi connectivity index (χ4v) is 2.82. The first-order valence-electron chi connectivity index (χ1n) is 7.23. The van der Waals surface area contributed by atoms with Crippen LogP contribution in [0.3, 0.4) is 0 Å². The molecule has 2 aromatic rings. The molecule has 0 spiro atoms. The van der Waals surface area contributed by atoms with Crippen molar-refractivity contribution >= 4 is 23.0 Å². The molecule has 0 radical (unpaired) electrons. The minimum absolute atomic E-state index is 0.0161. The maximum Gasteiger partial charge on any atom is 0.308 e. The number of aryl methyl sites for hydroxylation is 1. The third-order valence-corrected chi connectivity index (χ3v) is 4.25. The number of hydrogen-bond acceptors (Lipinski definition) is 5. The van der Waals surface area contributed by atoms with E-state index in [9.17, 15) is 14.7 Å². The zero-order valence-electron chi connectivity index (χ0n) is 12.4. The first kappa shape index (κ1) is 14.5. The largest absolute Gasteiger partial charge is 0.481 e. The highest BCUT2D eigenvalue weighted by Crippen LogP contribution is 2.25. The molecule has 0 bridgehead atoms. The predicted molar refractivity (Wildman–Crippen MR) is 77.4 cm³/mol. The maximum atomic E-state index is 12.7. The SMILES string of the molecule is Cc1noc2ncc(C(=O)N3CC(C(=O)O)CCC3C)cc12. The Hall–Kier alpha value is -2.44. The number of piperidine rings is 1. The third kappa shape index (κ3) is 2.43. The molecule has 1 aliphatic heterocycles. The minimum Gasteiger partial charge on any atom is -0.481 e. The Morgan fingerprint density at radius 1 is 1.41 bits per heavy atom. The number of nitrogens with zero attached hydrogens (tertiary/aromatic N) is 3. The van der Waals surface area contributed by atoms with Crippen molar-refractivity contribution in [2.45, 2.75) is 32.7 Å². The van der Waals surface area contributed by atoms with E-state index < -0.39 is 11.9 Å². The fraction of sp³-hybridized carbons (Fsp3) is 0.467. The number of amides is 1. The lowest BCUT2D eigenvalue weighted by atomic mass is 9.93. The first-order chi connectivity index (χ1) is 10.5. The summed E-state index contributed by atoms with van der Waals surface area (Å²) in [6.45, 7) is 3.95. The van der Waals surface area contributed by atoms with Crippen LogP contribution in [-0.4, -0.2) is 44.6 Å². The van der Waals surface area contributed by atoms with E-state index in [1.165, 1.54) is 6.20 Å². The molecule has 7 nitrogen and oxygen atoms in total. The first-order valence-corrected chi connectivity index (χ1v) is 7.23. The van der Waals surface area contributed by atoms with Gasteiger partial charge in [0.2, 0.25) is 0 Å². The van der Waals surface area contributed by atoms with Gasteiger partial charge in [-0.3, -0.25) is 9.59 Å². The zero-order chi connectivity index (χ0) is 15.9. The van der Waals surface area contributed by atoms with E-state index in [1.807, 2.05) is 6.92 Å². The molecular weight excluding hydrogens is 286 g/mol. The summed E-state index contributed by atoms with van der Waals surface area (Å²) >= 11 is 0. The molecule has 22 heavy (non-hydrogen) atoms. The number of pyridine rings is 1. The van der Waals surface area contributed by atoms with E-state index in [2.05, 4.69) is 10.1 Å². The normalized spacial score (nSPS) is 22.0. The summed E-state index contributed by atoms with van der Waals surface area (Å²) in [4.78, 5) is 29.6. The van der Waals surface area contributed by atoms with Crippen LogP contribution in [0.1, 0.15) is 35.8 Å². The highest BCUT2D eigenvalue weighted by molar-refractivity contribution is 5.97. The number of aliphatic carboxylic acids is 1. The molecule has 2 aromatic heterocycles. The summed E-state index contributed by atoms with van der Waals surface area (Å²) in [5.41, 5.74) is 1.49. The van der Waals surface area contributed by atoms with Gasteiger partial charge in [-0.25, -0.2) is 4.98 Å².